The van der Waals surface area contributed by atoms with Crippen LogP contribution in [0.15, 0.2) is 24.3 Å². The highest BCUT2D eigenvalue weighted by Gasteiger charge is 2.34. The average molecular weight is 470 g/mol. The first-order valence-corrected chi connectivity index (χ1v) is 9.99. The maximum Gasteiger partial charge on any atom is 0.342 e. The Hall–Kier alpha value is -4.34. The lowest BCUT2D eigenvalue weighted by molar-refractivity contribution is 0.0553. The fourth-order valence-corrected chi connectivity index (χ4v) is 4.04. The van der Waals surface area contributed by atoms with Gasteiger partial charge < -0.3 is 38.3 Å². The van der Waals surface area contributed by atoms with Crippen LogP contribution in [-0.2, 0) is 9.47 Å². The van der Waals surface area contributed by atoms with E-state index in [0.29, 0.717) is 17.1 Å². The van der Waals surface area contributed by atoms with Crippen molar-refractivity contribution in [2.75, 3.05) is 42.3 Å². The van der Waals surface area contributed by atoms with Crippen LogP contribution in [0.4, 0.5) is 0 Å². The van der Waals surface area contributed by atoms with E-state index in [1.807, 2.05) is 0 Å². The lowest BCUT2D eigenvalue weighted by Gasteiger charge is -2.22. The highest BCUT2D eigenvalue weighted by molar-refractivity contribution is 6.20. The van der Waals surface area contributed by atoms with E-state index in [1.165, 1.54) is 34.5 Å². The number of fused-ring (bicyclic) bond motifs is 2. The smallest absolute Gasteiger partial charge is 0.342 e. The maximum absolute atomic E-state index is 13.1. The van der Waals surface area contributed by atoms with Crippen LogP contribution in [-0.4, -0.2) is 59.4 Å². The van der Waals surface area contributed by atoms with E-state index in [2.05, 4.69) is 0 Å². The summed E-state index contributed by atoms with van der Waals surface area (Å²) in [5.41, 5.74) is 0.106. The highest BCUT2D eigenvalue weighted by atomic mass is 16.7. The number of carbonyl (C=O) groups excluding carboxylic acids is 2. The molecule has 3 aromatic rings. The van der Waals surface area contributed by atoms with E-state index >= 15 is 0 Å². The number of benzene rings is 3. The molecule has 1 heterocycles. The molecule has 0 atom stereocenters. The van der Waals surface area contributed by atoms with Crippen molar-refractivity contribution in [2.45, 2.75) is 0 Å². The quantitative estimate of drug-likeness (QED) is 0.536. The molecule has 0 saturated heterocycles. The topological polar surface area (TPSA) is 119 Å². The number of hydrogen-bond donors (Lipinski definition) is 1. The molecule has 10 nitrogen and oxygen atoms in total. The Bertz CT molecular complexity index is 1310. The SMILES string of the molecule is COC(=O)c1c(C(=O)OC)c(-c2ccc3c(c2)OCO3)c2c(OC)c(OC)c(OC)cc2c1O. The molecule has 3 aromatic carbocycles. The van der Waals surface area contributed by atoms with Crippen LogP contribution in [0.1, 0.15) is 20.7 Å². The third kappa shape index (κ3) is 3.35. The van der Waals surface area contributed by atoms with Crippen molar-refractivity contribution in [3.63, 3.8) is 0 Å². The lowest BCUT2D eigenvalue weighted by atomic mass is 9.87. The summed E-state index contributed by atoms with van der Waals surface area (Å²) in [5, 5.41) is 11.6. The van der Waals surface area contributed by atoms with Gasteiger partial charge in [-0.25, -0.2) is 9.59 Å². The standard InChI is InChI=1S/C24H22O10/c1-28-15-9-12-17(22(30-3)21(15)29-2)16(11-6-7-13-14(8-11)34-10-33-13)18(23(26)31-4)19(20(12)25)24(27)32-5/h6-9,25H,10H2,1-5H3. The van der Waals surface area contributed by atoms with Gasteiger partial charge in [-0.1, -0.05) is 6.07 Å². The maximum atomic E-state index is 13.1. The average Bonchev–Trinajstić information content (AvgIpc) is 3.34. The Morgan fingerprint density at radius 2 is 1.47 bits per heavy atom. The molecule has 0 amide bonds. The number of esters is 2. The van der Waals surface area contributed by atoms with E-state index in [4.69, 9.17) is 33.2 Å². The number of phenolic OH excluding ortho intramolecular Hbond substituents is 1. The molecule has 0 bridgehead atoms. The van der Waals surface area contributed by atoms with E-state index in [0.717, 1.165) is 7.11 Å². The molecule has 1 aliphatic rings. The van der Waals surface area contributed by atoms with Gasteiger partial charge in [-0.3, -0.25) is 0 Å². The summed E-state index contributed by atoms with van der Waals surface area (Å²) in [4.78, 5) is 25.9. The molecule has 0 aromatic heterocycles. The minimum atomic E-state index is -0.935. The van der Waals surface area contributed by atoms with Crippen molar-refractivity contribution in [2.24, 2.45) is 0 Å². The number of rotatable bonds is 6. The number of aromatic hydroxyl groups is 1. The zero-order valence-electron chi connectivity index (χ0n) is 19.1. The number of hydrogen-bond acceptors (Lipinski definition) is 10. The molecule has 10 heteroatoms. The van der Waals surface area contributed by atoms with Gasteiger partial charge in [-0.05, 0) is 23.8 Å². The number of methoxy groups -OCH3 is 5. The van der Waals surface area contributed by atoms with Gasteiger partial charge in [0.15, 0.2) is 23.0 Å². The van der Waals surface area contributed by atoms with Gasteiger partial charge in [0.05, 0.1) is 41.1 Å². The molecule has 1 N–H and O–H groups in total. The Balaban J connectivity index is 2.29. The summed E-state index contributed by atoms with van der Waals surface area (Å²) in [6.45, 7) is 0.0424. The van der Waals surface area contributed by atoms with Crippen molar-refractivity contribution in [3.8, 4) is 45.6 Å². The molecular weight excluding hydrogens is 448 g/mol. The third-order valence-electron chi connectivity index (χ3n) is 5.51. The number of phenols is 1. The summed E-state index contributed by atoms with van der Waals surface area (Å²) in [5.74, 6) is -0.731. The second-order valence-electron chi connectivity index (χ2n) is 7.09. The summed E-state index contributed by atoms with van der Waals surface area (Å²) in [6.07, 6.45) is 0. The van der Waals surface area contributed by atoms with Crippen LogP contribution in [0.5, 0.6) is 34.5 Å². The van der Waals surface area contributed by atoms with Crippen molar-refractivity contribution >= 4 is 22.7 Å². The first kappa shape index (κ1) is 22.8. The van der Waals surface area contributed by atoms with Gasteiger partial charge in [0.2, 0.25) is 12.5 Å². The van der Waals surface area contributed by atoms with Crippen molar-refractivity contribution in [1.29, 1.82) is 0 Å². The van der Waals surface area contributed by atoms with Gasteiger partial charge in [0, 0.05) is 16.3 Å². The van der Waals surface area contributed by atoms with Gasteiger partial charge in [0.25, 0.3) is 0 Å². The molecule has 34 heavy (non-hydrogen) atoms. The molecule has 1 aliphatic heterocycles. The summed E-state index contributed by atoms with van der Waals surface area (Å²) < 4.78 is 37.4. The molecule has 0 unspecified atom stereocenters. The van der Waals surface area contributed by atoms with Crippen LogP contribution in [0.3, 0.4) is 0 Å². The van der Waals surface area contributed by atoms with Gasteiger partial charge >= 0.3 is 11.9 Å². The Morgan fingerprint density at radius 3 is 2.09 bits per heavy atom. The minimum Gasteiger partial charge on any atom is -0.506 e. The van der Waals surface area contributed by atoms with Crippen molar-refractivity contribution < 1.29 is 47.9 Å². The third-order valence-corrected chi connectivity index (χ3v) is 5.51. The minimum absolute atomic E-state index is 0.0424. The largest absolute Gasteiger partial charge is 0.506 e. The number of carbonyl (C=O) groups is 2. The Morgan fingerprint density at radius 1 is 0.824 bits per heavy atom. The molecule has 0 radical (unpaired) electrons. The monoisotopic (exact) mass is 470 g/mol. The normalized spacial score (nSPS) is 11.8. The highest BCUT2D eigenvalue weighted by Crippen LogP contribution is 2.52. The van der Waals surface area contributed by atoms with Gasteiger partial charge in [-0.15, -0.1) is 0 Å². The predicted octanol–water partition coefficient (Wildman–Crippen LogP) is 3.54. The first-order chi connectivity index (χ1) is 16.4. The van der Waals surface area contributed by atoms with E-state index in [-0.39, 0.29) is 51.5 Å². The van der Waals surface area contributed by atoms with Crippen LogP contribution < -0.4 is 23.7 Å². The molecule has 0 aliphatic carbocycles. The zero-order chi connectivity index (χ0) is 24.6. The molecule has 4 rings (SSSR count). The van der Waals surface area contributed by atoms with Crippen LogP contribution in [0.2, 0.25) is 0 Å². The zero-order valence-corrected chi connectivity index (χ0v) is 19.1. The first-order valence-electron chi connectivity index (χ1n) is 9.99. The summed E-state index contributed by atoms with van der Waals surface area (Å²) >= 11 is 0. The molecule has 0 spiro atoms. The van der Waals surface area contributed by atoms with E-state index in [1.54, 1.807) is 18.2 Å². The molecule has 0 fully saturated rings. The lowest BCUT2D eigenvalue weighted by Crippen LogP contribution is -2.15. The Kier molecular flexibility index (Phi) is 5.97. The summed E-state index contributed by atoms with van der Waals surface area (Å²) in [6, 6.07) is 6.49. The second-order valence-corrected chi connectivity index (χ2v) is 7.09. The second kappa shape index (κ2) is 8.89. The Labute approximate surface area is 194 Å². The number of ether oxygens (including phenoxy) is 7. The van der Waals surface area contributed by atoms with Crippen LogP contribution in [0, 0.1) is 0 Å². The van der Waals surface area contributed by atoms with Gasteiger partial charge in [0.1, 0.15) is 11.3 Å². The van der Waals surface area contributed by atoms with Crippen LogP contribution >= 0.6 is 0 Å². The fraction of sp³-hybridized carbons (Fsp3) is 0.250. The summed E-state index contributed by atoms with van der Waals surface area (Å²) in [7, 11) is 6.56. The fourth-order valence-electron chi connectivity index (χ4n) is 4.04. The molecular formula is C24H22O10. The van der Waals surface area contributed by atoms with Crippen molar-refractivity contribution in [3.05, 3.63) is 35.4 Å². The predicted molar refractivity (Wildman–Crippen MR) is 120 cm³/mol. The van der Waals surface area contributed by atoms with Crippen LogP contribution in [0.25, 0.3) is 21.9 Å². The van der Waals surface area contributed by atoms with Gasteiger partial charge in [-0.2, -0.15) is 0 Å². The van der Waals surface area contributed by atoms with Crippen molar-refractivity contribution in [1.82, 2.24) is 0 Å². The van der Waals surface area contributed by atoms with E-state index in [9.17, 15) is 14.7 Å². The molecule has 178 valence electrons. The van der Waals surface area contributed by atoms with E-state index < -0.39 is 17.7 Å². The molecule has 0 saturated carbocycles.